The van der Waals surface area contributed by atoms with Crippen LogP contribution in [0.15, 0.2) is 156 Å². The molecule has 0 saturated carbocycles. The highest BCUT2D eigenvalue weighted by atomic mass is 16.3. The molecule has 0 aliphatic carbocycles. The van der Waals surface area contributed by atoms with E-state index in [0.717, 1.165) is 50.1 Å². The Kier molecular flexibility index (Phi) is 5.49. The SMILES string of the molecule is c1ccc(-c2ccc(-c3c(N(c4ccccc4)c4ccccc4)ccc4oc5ccccc5c34)cc2)cc1. The molecule has 0 atom stereocenters. The minimum Gasteiger partial charge on any atom is -0.456 e. The molecule has 0 spiro atoms. The number of anilines is 3. The van der Waals surface area contributed by atoms with Gasteiger partial charge in [0.15, 0.2) is 0 Å². The second-order valence-corrected chi connectivity index (χ2v) is 9.38. The molecule has 7 aromatic rings. The van der Waals surface area contributed by atoms with Crippen molar-refractivity contribution < 1.29 is 4.42 Å². The van der Waals surface area contributed by atoms with Gasteiger partial charge in [0.1, 0.15) is 11.2 Å². The zero-order valence-electron chi connectivity index (χ0n) is 20.8. The van der Waals surface area contributed by atoms with Crippen molar-refractivity contribution in [2.24, 2.45) is 0 Å². The van der Waals surface area contributed by atoms with Crippen molar-refractivity contribution in [2.75, 3.05) is 4.90 Å². The van der Waals surface area contributed by atoms with Crippen molar-refractivity contribution >= 4 is 39.0 Å². The average Bonchev–Trinajstić information content (AvgIpc) is 3.38. The first-order chi connectivity index (χ1) is 18.9. The van der Waals surface area contributed by atoms with Gasteiger partial charge in [0.25, 0.3) is 0 Å². The van der Waals surface area contributed by atoms with E-state index in [0.29, 0.717) is 0 Å². The summed E-state index contributed by atoms with van der Waals surface area (Å²) in [4.78, 5) is 2.33. The van der Waals surface area contributed by atoms with E-state index in [1.54, 1.807) is 0 Å². The van der Waals surface area contributed by atoms with Crippen LogP contribution in [0.5, 0.6) is 0 Å². The first kappa shape index (κ1) is 22.1. The lowest BCUT2D eigenvalue weighted by Crippen LogP contribution is -2.11. The van der Waals surface area contributed by atoms with Crippen molar-refractivity contribution in [1.29, 1.82) is 0 Å². The molecule has 0 amide bonds. The standard InChI is InChI=1S/C36H25NO/c1-4-12-26(13-5-1)27-20-22-28(23-21-27)35-32(24-25-34-36(35)31-18-10-11-19-33(31)38-34)37(29-14-6-2-7-15-29)30-16-8-3-9-17-30/h1-25H. The Labute approximate surface area is 222 Å². The smallest absolute Gasteiger partial charge is 0.136 e. The van der Waals surface area contributed by atoms with Crippen LogP contribution in [0.2, 0.25) is 0 Å². The summed E-state index contributed by atoms with van der Waals surface area (Å²) in [6.07, 6.45) is 0. The lowest BCUT2D eigenvalue weighted by atomic mass is 9.94. The van der Waals surface area contributed by atoms with Crippen molar-refractivity contribution in [3.8, 4) is 22.3 Å². The number of furan rings is 1. The molecule has 1 heterocycles. The third-order valence-corrected chi connectivity index (χ3v) is 7.07. The molecular weight excluding hydrogens is 462 g/mol. The van der Waals surface area contributed by atoms with Crippen LogP contribution in [-0.4, -0.2) is 0 Å². The summed E-state index contributed by atoms with van der Waals surface area (Å²) in [6, 6.07) is 53.1. The number of nitrogens with zero attached hydrogens (tertiary/aromatic N) is 1. The van der Waals surface area contributed by atoms with Crippen molar-refractivity contribution in [3.05, 3.63) is 152 Å². The van der Waals surface area contributed by atoms with Crippen LogP contribution in [0.4, 0.5) is 17.1 Å². The van der Waals surface area contributed by atoms with E-state index in [1.807, 2.05) is 12.1 Å². The summed E-state index contributed by atoms with van der Waals surface area (Å²) in [5.74, 6) is 0. The Bertz CT molecular complexity index is 1800. The summed E-state index contributed by atoms with van der Waals surface area (Å²) in [5.41, 5.74) is 9.80. The summed E-state index contributed by atoms with van der Waals surface area (Å²) in [7, 11) is 0. The van der Waals surface area contributed by atoms with Crippen LogP contribution in [0.25, 0.3) is 44.2 Å². The fourth-order valence-corrected chi connectivity index (χ4v) is 5.33. The zero-order valence-corrected chi connectivity index (χ0v) is 20.8. The predicted molar refractivity (Wildman–Crippen MR) is 159 cm³/mol. The van der Waals surface area contributed by atoms with Gasteiger partial charge in [-0.15, -0.1) is 0 Å². The molecule has 1 aromatic heterocycles. The largest absolute Gasteiger partial charge is 0.456 e. The maximum atomic E-state index is 6.34. The molecule has 0 aliphatic heterocycles. The molecule has 0 aliphatic rings. The third-order valence-electron chi connectivity index (χ3n) is 7.07. The first-order valence-electron chi connectivity index (χ1n) is 12.9. The monoisotopic (exact) mass is 487 g/mol. The molecular formula is C36H25NO. The van der Waals surface area contributed by atoms with Gasteiger partial charge < -0.3 is 9.32 Å². The van der Waals surface area contributed by atoms with Crippen LogP contribution < -0.4 is 4.90 Å². The fourth-order valence-electron chi connectivity index (χ4n) is 5.33. The van der Waals surface area contributed by atoms with E-state index in [1.165, 1.54) is 11.1 Å². The molecule has 0 saturated heterocycles. The highest BCUT2D eigenvalue weighted by Crippen LogP contribution is 2.47. The highest BCUT2D eigenvalue weighted by molar-refractivity contribution is 6.16. The van der Waals surface area contributed by atoms with E-state index in [-0.39, 0.29) is 0 Å². The Hall–Kier alpha value is -5.08. The minimum absolute atomic E-state index is 0.887. The molecule has 2 nitrogen and oxygen atoms in total. The lowest BCUT2D eigenvalue weighted by molar-refractivity contribution is 0.669. The second-order valence-electron chi connectivity index (χ2n) is 9.38. The summed E-state index contributed by atoms with van der Waals surface area (Å²) < 4.78 is 6.34. The minimum atomic E-state index is 0.887. The number of benzene rings is 6. The van der Waals surface area contributed by atoms with Gasteiger partial charge in [-0.3, -0.25) is 0 Å². The second kappa shape index (κ2) is 9.42. The molecule has 0 bridgehead atoms. The van der Waals surface area contributed by atoms with Gasteiger partial charge in [0, 0.05) is 27.7 Å². The van der Waals surface area contributed by atoms with Gasteiger partial charge in [0.05, 0.1) is 5.69 Å². The van der Waals surface area contributed by atoms with Gasteiger partial charge in [-0.25, -0.2) is 0 Å². The molecule has 0 radical (unpaired) electrons. The molecule has 7 rings (SSSR count). The van der Waals surface area contributed by atoms with E-state index in [9.17, 15) is 0 Å². The van der Waals surface area contributed by atoms with Gasteiger partial charge in [-0.1, -0.05) is 109 Å². The Morgan fingerprint density at radius 2 is 0.921 bits per heavy atom. The van der Waals surface area contributed by atoms with Crippen LogP contribution in [0, 0.1) is 0 Å². The van der Waals surface area contributed by atoms with E-state index in [4.69, 9.17) is 4.42 Å². The molecule has 180 valence electrons. The number of rotatable bonds is 5. The number of hydrogen-bond acceptors (Lipinski definition) is 2. The normalized spacial score (nSPS) is 11.2. The van der Waals surface area contributed by atoms with Crippen LogP contribution >= 0.6 is 0 Å². The van der Waals surface area contributed by atoms with Crippen LogP contribution in [-0.2, 0) is 0 Å². The summed E-state index contributed by atoms with van der Waals surface area (Å²) >= 11 is 0. The van der Waals surface area contributed by atoms with Gasteiger partial charge in [0.2, 0.25) is 0 Å². The molecule has 0 unspecified atom stereocenters. The first-order valence-corrected chi connectivity index (χ1v) is 12.9. The van der Waals surface area contributed by atoms with Crippen molar-refractivity contribution in [3.63, 3.8) is 0 Å². The van der Waals surface area contributed by atoms with Crippen molar-refractivity contribution in [2.45, 2.75) is 0 Å². The number of para-hydroxylation sites is 3. The predicted octanol–water partition coefficient (Wildman–Crippen LogP) is 10.4. The van der Waals surface area contributed by atoms with Gasteiger partial charge in [-0.05, 0) is 59.2 Å². The molecule has 0 fully saturated rings. The Morgan fingerprint density at radius 1 is 0.395 bits per heavy atom. The van der Waals surface area contributed by atoms with E-state index >= 15 is 0 Å². The fraction of sp³-hybridized carbons (Fsp3) is 0. The zero-order chi connectivity index (χ0) is 25.3. The van der Waals surface area contributed by atoms with E-state index < -0.39 is 0 Å². The lowest BCUT2D eigenvalue weighted by Gasteiger charge is -2.28. The quantitative estimate of drug-likeness (QED) is 0.240. The van der Waals surface area contributed by atoms with Gasteiger partial charge in [-0.2, -0.15) is 0 Å². The molecule has 6 aromatic carbocycles. The van der Waals surface area contributed by atoms with Crippen LogP contribution in [0.3, 0.4) is 0 Å². The maximum absolute atomic E-state index is 6.34. The van der Waals surface area contributed by atoms with Crippen molar-refractivity contribution in [1.82, 2.24) is 0 Å². The number of hydrogen-bond donors (Lipinski definition) is 0. The van der Waals surface area contributed by atoms with Gasteiger partial charge >= 0.3 is 0 Å². The third kappa shape index (κ3) is 3.84. The van der Waals surface area contributed by atoms with E-state index in [2.05, 4.69) is 144 Å². The molecule has 2 heteroatoms. The highest BCUT2D eigenvalue weighted by Gasteiger charge is 2.22. The molecule has 0 N–H and O–H groups in total. The Morgan fingerprint density at radius 3 is 1.58 bits per heavy atom. The topological polar surface area (TPSA) is 16.4 Å². The number of fused-ring (bicyclic) bond motifs is 3. The average molecular weight is 488 g/mol. The summed E-state index contributed by atoms with van der Waals surface area (Å²) in [5, 5.41) is 2.25. The maximum Gasteiger partial charge on any atom is 0.136 e. The summed E-state index contributed by atoms with van der Waals surface area (Å²) in [6.45, 7) is 0. The van der Waals surface area contributed by atoms with Crippen LogP contribution in [0.1, 0.15) is 0 Å². The Balaban J connectivity index is 1.52. The molecule has 38 heavy (non-hydrogen) atoms.